The van der Waals surface area contributed by atoms with E-state index in [0.29, 0.717) is 12.3 Å². The summed E-state index contributed by atoms with van der Waals surface area (Å²) in [5.74, 6) is 3.18. The molecule has 0 unspecified atom stereocenters. The van der Waals surface area contributed by atoms with Crippen LogP contribution >= 0.6 is 11.8 Å². The summed E-state index contributed by atoms with van der Waals surface area (Å²) in [4.78, 5) is 13.1. The molecular weight excluding hydrogens is 647 g/mol. The van der Waals surface area contributed by atoms with E-state index in [-0.39, 0.29) is 36.3 Å². The van der Waals surface area contributed by atoms with Gasteiger partial charge in [-0.25, -0.2) is 4.79 Å². The van der Waals surface area contributed by atoms with Crippen molar-refractivity contribution in [3.8, 4) is 11.1 Å². The molecule has 0 spiro atoms. The van der Waals surface area contributed by atoms with Crippen molar-refractivity contribution in [1.29, 1.82) is 0 Å². The van der Waals surface area contributed by atoms with Crippen LogP contribution in [0.4, 0.5) is 4.79 Å². The number of benzene rings is 3. The summed E-state index contributed by atoms with van der Waals surface area (Å²) in [6.07, 6.45) is 8.41. The number of thioether (sulfide) groups is 1. The van der Waals surface area contributed by atoms with E-state index in [9.17, 15) is 9.90 Å². The quantitative estimate of drug-likeness (QED) is 0.149. The van der Waals surface area contributed by atoms with Gasteiger partial charge < -0.3 is 29.8 Å². The Kier molecular flexibility index (Phi) is 9.46. The number of rotatable bonds is 10. The summed E-state index contributed by atoms with van der Waals surface area (Å²) < 4.78 is 15.2. The normalized spacial score (nSPS) is 29.9. The number of aromatic nitrogens is 3. The molecule has 5 aliphatic rings. The van der Waals surface area contributed by atoms with E-state index in [1.54, 1.807) is 18.1 Å². The molecule has 10 heteroatoms. The highest BCUT2D eigenvalue weighted by molar-refractivity contribution is 7.99. The number of nitrogens with one attached hydrogen (secondary N) is 2. The molecule has 4 bridgehead atoms. The maximum atomic E-state index is 13.1. The van der Waals surface area contributed by atoms with Crippen LogP contribution in [0, 0.1) is 23.7 Å². The average Bonchev–Trinajstić information content (AvgIpc) is 3.54. The Bertz CT molecular complexity index is 1760. The fraction of sp³-hybridized carbons (Fsp3) is 0.475. The lowest BCUT2D eigenvalue weighted by molar-refractivity contribution is -0.268. The molecule has 2 amide bonds. The van der Waals surface area contributed by atoms with Gasteiger partial charge in [0, 0.05) is 36.4 Å². The van der Waals surface area contributed by atoms with Crippen molar-refractivity contribution in [3.63, 3.8) is 0 Å². The minimum atomic E-state index is -0.545. The average molecular weight is 694 g/mol. The lowest BCUT2D eigenvalue weighted by atomic mass is 9.53. The van der Waals surface area contributed by atoms with Crippen molar-refractivity contribution in [3.05, 3.63) is 101 Å². The van der Waals surface area contributed by atoms with Gasteiger partial charge in [-0.05, 0) is 90.2 Å². The fourth-order valence-electron chi connectivity index (χ4n) is 9.29. The van der Waals surface area contributed by atoms with Crippen LogP contribution in [0.15, 0.2) is 84.3 Å². The van der Waals surface area contributed by atoms with Gasteiger partial charge >= 0.3 is 6.03 Å². The van der Waals surface area contributed by atoms with E-state index in [1.807, 2.05) is 35.9 Å². The molecule has 0 radical (unpaired) electrons. The molecule has 4 atom stereocenters. The molecule has 3 aromatic carbocycles. The molecule has 3 N–H and O–H groups in total. The lowest BCUT2D eigenvalue weighted by Crippen LogP contribution is -2.61. The van der Waals surface area contributed by atoms with E-state index in [2.05, 4.69) is 76.3 Å². The maximum Gasteiger partial charge on any atom is 0.315 e. The number of urea groups is 1. The number of aliphatic hydroxyl groups excluding tert-OH is 1. The second-order valence-electron chi connectivity index (χ2n) is 15.2. The Morgan fingerprint density at radius 2 is 1.62 bits per heavy atom. The van der Waals surface area contributed by atoms with Crippen LogP contribution in [-0.4, -0.2) is 43.3 Å². The molecule has 4 aliphatic carbocycles. The van der Waals surface area contributed by atoms with Gasteiger partial charge in [0.1, 0.15) is 6.33 Å². The summed E-state index contributed by atoms with van der Waals surface area (Å²) in [6, 6.07) is 24.7. The van der Waals surface area contributed by atoms with Crippen molar-refractivity contribution < 1.29 is 19.4 Å². The van der Waals surface area contributed by atoms with Crippen molar-refractivity contribution in [2.45, 2.75) is 87.8 Å². The Morgan fingerprint density at radius 3 is 2.28 bits per heavy atom. The highest BCUT2D eigenvalue weighted by atomic mass is 32.2. The summed E-state index contributed by atoms with van der Waals surface area (Å²) in [5, 5.41) is 25.3. The molecule has 262 valence electrons. The summed E-state index contributed by atoms with van der Waals surface area (Å²) in [7, 11) is 1.94. The van der Waals surface area contributed by atoms with Crippen molar-refractivity contribution in [2.24, 2.45) is 30.7 Å². The Hall–Kier alpha value is -3.70. The highest BCUT2D eigenvalue weighted by Crippen LogP contribution is 2.55. The molecule has 9 nitrogen and oxygen atoms in total. The van der Waals surface area contributed by atoms with E-state index in [1.165, 1.54) is 19.3 Å². The van der Waals surface area contributed by atoms with Gasteiger partial charge in [0.2, 0.25) is 0 Å². The van der Waals surface area contributed by atoms with Crippen LogP contribution in [0.25, 0.3) is 11.1 Å². The van der Waals surface area contributed by atoms with Crippen LogP contribution in [0.3, 0.4) is 0 Å². The number of hydrogen-bond donors (Lipinski definition) is 3. The molecule has 50 heavy (non-hydrogen) atoms. The van der Waals surface area contributed by atoms with E-state index >= 15 is 0 Å². The number of ether oxygens (including phenoxy) is 2. The number of carbonyl (C=O) groups excluding carboxylic acids is 1. The lowest BCUT2D eigenvalue weighted by Gasteiger charge is -2.56. The second-order valence-corrected chi connectivity index (χ2v) is 16.2. The molecular formula is C40H47N5O4S. The van der Waals surface area contributed by atoms with Crippen LogP contribution in [-0.2, 0) is 29.7 Å². The largest absolute Gasteiger partial charge is 0.392 e. The van der Waals surface area contributed by atoms with Gasteiger partial charge in [-0.2, -0.15) is 0 Å². The molecule has 4 saturated carbocycles. The van der Waals surface area contributed by atoms with Gasteiger partial charge in [0.05, 0.1) is 18.8 Å². The predicted octanol–water partition coefficient (Wildman–Crippen LogP) is 7.33. The summed E-state index contributed by atoms with van der Waals surface area (Å²) in [6.45, 7) is 2.66. The van der Waals surface area contributed by atoms with Crippen LogP contribution in [0.2, 0.25) is 0 Å². The Balaban J connectivity index is 0.936. The van der Waals surface area contributed by atoms with E-state index in [0.717, 1.165) is 75.6 Å². The van der Waals surface area contributed by atoms with Crippen LogP contribution in [0.1, 0.15) is 80.1 Å². The number of aryl methyl sites for hydroxylation is 1. The third-order valence-electron chi connectivity index (χ3n) is 11.5. The van der Waals surface area contributed by atoms with Gasteiger partial charge in [-0.15, -0.1) is 10.2 Å². The summed E-state index contributed by atoms with van der Waals surface area (Å²) in [5.41, 5.74) is 6.14. The minimum absolute atomic E-state index is 0.00600. The molecule has 9 rings (SSSR count). The first-order chi connectivity index (χ1) is 24.3. The monoisotopic (exact) mass is 693 g/mol. The van der Waals surface area contributed by atoms with Gasteiger partial charge in [-0.3, -0.25) is 0 Å². The fourth-order valence-corrected chi connectivity index (χ4v) is 10.3. The topological polar surface area (TPSA) is 111 Å². The zero-order chi connectivity index (χ0) is 34.2. The number of aliphatic hydroxyl groups is 1. The second kappa shape index (κ2) is 14.1. The molecule has 1 aliphatic heterocycles. The number of amides is 2. The van der Waals surface area contributed by atoms with E-state index < -0.39 is 6.29 Å². The predicted molar refractivity (Wildman–Crippen MR) is 193 cm³/mol. The third-order valence-corrected chi connectivity index (χ3v) is 12.6. The third kappa shape index (κ3) is 7.08. The zero-order valence-corrected chi connectivity index (χ0v) is 29.6. The van der Waals surface area contributed by atoms with Crippen LogP contribution < -0.4 is 10.6 Å². The van der Waals surface area contributed by atoms with E-state index in [4.69, 9.17) is 9.47 Å². The first-order valence-corrected chi connectivity index (χ1v) is 19.0. The highest BCUT2D eigenvalue weighted by Gasteiger charge is 2.51. The minimum Gasteiger partial charge on any atom is -0.392 e. The first-order valence-electron chi connectivity index (χ1n) is 18.1. The first kappa shape index (κ1) is 33.4. The standard InChI is InChI=1S/C40H47N5O4S/c1-25-35(23-50-39-44-42-24-45(39)2)48-37(49-36(25)32-8-6-26(22-46)7-9-32)33-12-10-31(11-13-33)34-5-3-4-27(17-34)21-41-38(47)43-40-18-28-14-29(19-40)16-30(15-28)20-40/h3-13,17,24-25,28-30,35-37,46H,14-16,18-23H2,1-2H3,(H2,41,43,47)/t25-,28?,29?,30?,35+,36+,37+,40?/m0/s1. The smallest absolute Gasteiger partial charge is 0.315 e. The molecule has 4 aromatic rings. The Morgan fingerprint density at radius 1 is 0.920 bits per heavy atom. The molecule has 2 heterocycles. The number of nitrogens with zero attached hydrogens (tertiary/aromatic N) is 3. The summed E-state index contributed by atoms with van der Waals surface area (Å²) >= 11 is 1.63. The van der Waals surface area contributed by atoms with Crippen molar-refractivity contribution in [1.82, 2.24) is 25.4 Å². The van der Waals surface area contributed by atoms with Crippen molar-refractivity contribution in [2.75, 3.05) is 5.75 Å². The number of carbonyl (C=O) groups is 1. The molecule has 1 aromatic heterocycles. The number of hydrogen-bond acceptors (Lipinski definition) is 7. The van der Waals surface area contributed by atoms with Gasteiger partial charge in [0.25, 0.3) is 0 Å². The molecule has 1 saturated heterocycles. The van der Waals surface area contributed by atoms with Crippen LogP contribution in [0.5, 0.6) is 0 Å². The Labute approximate surface area is 298 Å². The SMILES string of the molecule is C[C@H]1[C@@H](CSc2nncn2C)O[C@@H](c2ccc(-c3cccc(CNC(=O)NC45CC6CC(CC(C6)C4)C5)c3)cc2)O[C@H]1c1ccc(CO)cc1. The zero-order valence-electron chi connectivity index (χ0n) is 28.8. The van der Waals surface area contributed by atoms with Crippen molar-refractivity contribution >= 4 is 17.8 Å². The maximum absolute atomic E-state index is 13.1. The molecule has 5 fully saturated rings. The van der Waals surface area contributed by atoms with Gasteiger partial charge in [0.15, 0.2) is 11.4 Å². The van der Waals surface area contributed by atoms with Gasteiger partial charge in [-0.1, -0.05) is 85.4 Å².